The quantitative estimate of drug-likeness (QED) is 0.476. The summed E-state index contributed by atoms with van der Waals surface area (Å²) in [6, 6.07) is 12.9. The standard InChI is InChI=1S/C24H28N4O3/c1-4-27(5-2)12-13-28-15-26-24-22(23(28)25)21(16-6-9-18(30-3)10-7-16)19-11-8-17(29)14-20(19)31-24/h6-11,14-15,21,25,29H,4-5,12-13H2,1-3H3/t21-/m1/s1. The number of phenols is 1. The molecule has 1 aliphatic rings. The van der Waals surface area contributed by atoms with Crippen LogP contribution in [-0.4, -0.2) is 46.3 Å². The van der Waals surface area contributed by atoms with Gasteiger partial charge in [-0.1, -0.05) is 32.0 Å². The number of likely N-dealkylation sites (N-methyl/N-ethyl adjacent to an activating group) is 1. The normalized spacial score (nSPS) is 14.6. The molecular formula is C24H28N4O3. The number of methoxy groups -OCH3 is 1. The van der Waals surface area contributed by atoms with Gasteiger partial charge in [0.1, 0.15) is 29.1 Å². The number of aromatic nitrogens is 2. The fourth-order valence-corrected chi connectivity index (χ4v) is 4.06. The average Bonchev–Trinajstić information content (AvgIpc) is 2.79. The van der Waals surface area contributed by atoms with Gasteiger partial charge in [-0.25, -0.2) is 4.98 Å². The van der Waals surface area contributed by atoms with Crippen LogP contribution in [-0.2, 0) is 6.54 Å². The molecule has 0 aliphatic carbocycles. The van der Waals surface area contributed by atoms with E-state index in [1.54, 1.807) is 25.6 Å². The summed E-state index contributed by atoms with van der Waals surface area (Å²) in [6.07, 6.45) is 1.67. The number of hydrogen-bond acceptors (Lipinski definition) is 6. The van der Waals surface area contributed by atoms with Crippen LogP contribution in [0.2, 0.25) is 0 Å². The molecule has 162 valence electrons. The third-order valence-corrected chi connectivity index (χ3v) is 5.89. The molecule has 1 atom stereocenters. The van der Waals surface area contributed by atoms with Gasteiger partial charge >= 0.3 is 0 Å². The minimum Gasteiger partial charge on any atom is -0.508 e. The van der Waals surface area contributed by atoms with Gasteiger partial charge < -0.3 is 24.0 Å². The summed E-state index contributed by atoms with van der Waals surface area (Å²) in [4.78, 5) is 6.86. The highest BCUT2D eigenvalue weighted by atomic mass is 16.5. The van der Waals surface area contributed by atoms with E-state index in [2.05, 4.69) is 23.7 Å². The predicted molar refractivity (Wildman–Crippen MR) is 118 cm³/mol. The molecule has 0 amide bonds. The van der Waals surface area contributed by atoms with Crippen molar-refractivity contribution in [2.24, 2.45) is 0 Å². The first-order valence-electron chi connectivity index (χ1n) is 10.6. The van der Waals surface area contributed by atoms with E-state index in [1.165, 1.54) is 0 Å². The first-order valence-corrected chi connectivity index (χ1v) is 10.6. The molecule has 2 aromatic carbocycles. The van der Waals surface area contributed by atoms with Gasteiger partial charge in [-0.05, 0) is 36.9 Å². The summed E-state index contributed by atoms with van der Waals surface area (Å²) in [7, 11) is 1.64. The van der Waals surface area contributed by atoms with Crippen LogP contribution in [0.4, 0.5) is 0 Å². The van der Waals surface area contributed by atoms with E-state index in [-0.39, 0.29) is 11.7 Å². The van der Waals surface area contributed by atoms with Crippen molar-refractivity contribution < 1.29 is 14.6 Å². The average molecular weight is 421 g/mol. The Labute approximate surface area is 182 Å². The van der Waals surface area contributed by atoms with E-state index >= 15 is 0 Å². The summed E-state index contributed by atoms with van der Waals surface area (Å²) in [6.45, 7) is 7.75. The topological polar surface area (TPSA) is 83.6 Å². The van der Waals surface area contributed by atoms with E-state index in [0.717, 1.165) is 42.1 Å². The maximum atomic E-state index is 9.97. The molecule has 7 heteroatoms. The Morgan fingerprint density at radius 2 is 1.90 bits per heavy atom. The van der Waals surface area contributed by atoms with Crippen molar-refractivity contribution in [3.8, 4) is 23.1 Å². The van der Waals surface area contributed by atoms with Crippen molar-refractivity contribution in [2.45, 2.75) is 26.3 Å². The van der Waals surface area contributed by atoms with Crippen LogP contribution in [0.1, 0.15) is 36.5 Å². The van der Waals surface area contributed by atoms with E-state index in [1.807, 2.05) is 34.9 Å². The minimum absolute atomic E-state index is 0.131. The molecule has 1 aliphatic heterocycles. The van der Waals surface area contributed by atoms with Crippen LogP contribution in [0.15, 0.2) is 48.8 Å². The summed E-state index contributed by atoms with van der Waals surface area (Å²) >= 11 is 0. The van der Waals surface area contributed by atoms with E-state index < -0.39 is 0 Å². The van der Waals surface area contributed by atoms with Crippen molar-refractivity contribution in [2.75, 3.05) is 26.7 Å². The number of hydrogen-bond donors (Lipinski definition) is 2. The van der Waals surface area contributed by atoms with Crippen LogP contribution in [0.25, 0.3) is 0 Å². The van der Waals surface area contributed by atoms with Crippen LogP contribution in [0.3, 0.4) is 0 Å². The van der Waals surface area contributed by atoms with Gasteiger partial charge in [-0.3, -0.25) is 5.41 Å². The Balaban J connectivity index is 1.82. The molecule has 4 rings (SSSR count). The predicted octanol–water partition coefficient (Wildman–Crippen LogP) is 3.70. The first-order chi connectivity index (χ1) is 15.0. The Morgan fingerprint density at radius 1 is 1.16 bits per heavy atom. The lowest BCUT2D eigenvalue weighted by molar-refractivity contribution is 0.286. The van der Waals surface area contributed by atoms with Gasteiger partial charge in [0.05, 0.1) is 12.7 Å². The molecular weight excluding hydrogens is 392 g/mol. The molecule has 0 fully saturated rings. The highest BCUT2D eigenvalue weighted by molar-refractivity contribution is 5.57. The fourth-order valence-electron chi connectivity index (χ4n) is 4.06. The third-order valence-electron chi connectivity index (χ3n) is 5.89. The zero-order valence-electron chi connectivity index (χ0n) is 18.1. The highest BCUT2D eigenvalue weighted by Crippen LogP contribution is 2.46. The lowest BCUT2D eigenvalue weighted by atomic mass is 9.84. The number of nitrogens with zero attached hydrogens (tertiary/aromatic N) is 3. The highest BCUT2D eigenvalue weighted by Gasteiger charge is 2.32. The summed E-state index contributed by atoms with van der Waals surface area (Å²) < 4.78 is 13.2. The second-order valence-corrected chi connectivity index (χ2v) is 7.56. The number of ether oxygens (including phenoxy) is 2. The Morgan fingerprint density at radius 3 is 2.58 bits per heavy atom. The maximum absolute atomic E-state index is 9.97. The molecule has 0 radical (unpaired) electrons. The van der Waals surface area contributed by atoms with E-state index in [0.29, 0.717) is 23.7 Å². The molecule has 2 heterocycles. The van der Waals surface area contributed by atoms with Crippen LogP contribution < -0.4 is 15.0 Å². The van der Waals surface area contributed by atoms with Crippen molar-refractivity contribution >= 4 is 0 Å². The zero-order chi connectivity index (χ0) is 22.0. The number of benzene rings is 2. The number of nitrogens with one attached hydrogen (secondary N) is 1. The zero-order valence-corrected chi connectivity index (χ0v) is 18.1. The van der Waals surface area contributed by atoms with Crippen molar-refractivity contribution in [3.05, 3.63) is 71.0 Å². The van der Waals surface area contributed by atoms with Crippen molar-refractivity contribution in [1.29, 1.82) is 5.41 Å². The van der Waals surface area contributed by atoms with Gasteiger partial charge in [0, 0.05) is 30.6 Å². The second-order valence-electron chi connectivity index (χ2n) is 7.56. The minimum atomic E-state index is -0.230. The fraction of sp³-hybridized carbons (Fsp3) is 0.333. The number of aromatic hydroxyl groups is 1. The molecule has 31 heavy (non-hydrogen) atoms. The maximum Gasteiger partial charge on any atom is 0.228 e. The molecule has 0 spiro atoms. The van der Waals surface area contributed by atoms with Gasteiger partial charge in [0.15, 0.2) is 0 Å². The van der Waals surface area contributed by atoms with Crippen molar-refractivity contribution in [3.63, 3.8) is 0 Å². The Hall–Kier alpha value is -3.32. The van der Waals surface area contributed by atoms with E-state index in [4.69, 9.17) is 14.9 Å². The molecule has 7 nitrogen and oxygen atoms in total. The summed E-state index contributed by atoms with van der Waals surface area (Å²) in [5.41, 5.74) is 3.02. The van der Waals surface area contributed by atoms with Gasteiger partial charge in [-0.2, -0.15) is 0 Å². The summed E-state index contributed by atoms with van der Waals surface area (Å²) in [5.74, 6) is 1.64. The smallest absolute Gasteiger partial charge is 0.228 e. The lowest BCUT2D eigenvalue weighted by Gasteiger charge is -2.29. The molecule has 0 saturated carbocycles. The van der Waals surface area contributed by atoms with Crippen LogP contribution in [0, 0.1) is 5.41 Å². The van der Waals surface area contributed by atoms with Gasteiger partial charge in [0.25, 0.3) is 0 Å². The van der Waals surface area contributed by atoms with Gasteiger partial charge in [0.2, 0.25) is 5.88 Å². The van der Waals surface area contributed by atoms with E-state index in [9.17, 15) is 5.11 Å². The number of phenolic OH excluding ortho intramolecular Hbond substituents is 1. The van der Waals surface area contributed by atoms with Crippen LogP contribution in [0.5, 0.6) is 23.1 Å². The molecule has 3 aromatic rings. The Bertz CT molecular complexity index is 1120. The SMILES string of the molecule is CCN(CC)CCn1cnc2c(c1=N)[C@H](c1ccc(OC)cc1)c1ccc(O)cc1O2. The largest absolute Gasteiger partial charge is 0.508 e. The number of rotatable bonds is 7. The Kier molecular flexibility index (Phi) is 5.95. The monoisotopic (exact) mass is 420 g/mol. The second kappa shape index (κ2) is 8.81. The van der Waals surface area contributed by atoms with Gasteiger partial charge in [-0.15, -0.1) is 0 Å². The van der Waals surface area contributed by atoms with Crippen LogP contribution >= 0.6 is 0 Å². The molecule has 2 N–H and O–H groups in total. The number of fused-ring (bicyclic) bond motifs is 2. The third kappa shape index (κ3) is 4.01. The molecule has 0 saturated heterocycles. The molecule has 1 aromatic heterocycles. The first kappa shape index (κ1) is 20.9. The molecule has 0 bridgehead atoms. The van der Waals surface area contributed by atoms with Crippen molar-refractivity contribution in [1.82, 2.24) is 14.5 Å². The lowest BCUT2D eigenvalue weighted by Crippen LogP contribution is -2.34. The molecule has 0 unspecified atom stereocenters. The summed E-state index contributed by atoms with van der Waals surface area (Å²) in [5, 5.41) is 18.9.